The molecule has 0 saturated heterocycles. The normalized spacial score (nSPS) is 12.4. The highest BCUT2D eigenvalue weighted by Gasteiger charge is 2.26. The molecule has 4 N–H and O–H groups in total. The van der Waals surface area contributed by atoms with Gasteiger partial charge in [0.05, 0.1) is 30.6 Å². The molecule has 0 atom stereocenters. The van der Waals surface area contributed by atoms with Crippen molar-refractivity contribution in [1.82, 2.24) is 24.7 Å². The van der Waals surface area contributed by atoms with Gasteiger partial charge in [-0.2, -0.15) is 5.10 Å². The Morgan fingerprint density at radius 3 is 2.89 bits per heavy atom. The lowest BCUT2D eigenvalue weighted by Crippen LogP contribution is -2.14. The standard InChI is InChI=1S/C25H24FN7O3/c26-18-6-2-1-4-15(18)14-33-20-7-3-5-16(20)22(32-33)25-29-13-21(36-11-10-34)24(31-25)30-19-8-9-28-12-17(19)23(27)35/h1-2,4,6,8-9,12-13,34H,3,5,7,10-11,14H2,(H2,27,35)(H,28,29,30,31). The number of aliphatic hydroxyl groups excluding tert-OH is 1. The number of ether oxygens (including phenoxy) is 1. The highest BCUT2D eigenvalue weighted by atomic mass is 19.1. The van der Waals surface area contributed by atoms with Gasteiger partial charge in [-0.05, 0) is 31.4 Å². The number of primary amides is 1. The van der Waals surface area contributed by atoms with Crippen LogP contribution in [0.3, 0.4) is 0 Å². The number of aliphatic hydroxyl groups is 1. The average Bonchev–Trinajstić information content (AvgIpc) is 3.49. The molecule has 0 saturated carbocycles. The lowest BCUT2D eigenvalue weighted by molar-refractivity contribution is 0.100. The molecule has 10 nitrogen and oxygen atoms in total. The molecule has 1 aliphatic carbocycles. The number of rotatable bonds is 9. The van der Waals surface area contributed by atoms with Gasteiger partial charge in [0.25, 0.3) is 5.91 Å². The monoisotopic (exact) mass is 489 g/mol. The van der Waals surface area contributed by atoms with Gasteiger partial charge in [-0.25, -0.2) is 14.4 Å². The Labute approximate surface area is 206 Å². The Kier molecular flexibility index (Phi) is 6.54. The SMILES string of the molecule is NC(=O)c1cnccc1Nc1nc(-c2nn(Cc3ccccc3F)c3c2CCC3)ncc1OCCO. The van der Waals surface area contributed by atoms with E-state index in [1.165, 1.54) is 24.7 Å². The molecular weight excluding hydrogens is 465 g/mol. The zero-order valence-electron chi connectivity index (χ0n) is 19.3. The number of anilines is 2. The lowest BCUT2D eigenvalue weighted by Gasteiger charge is -2.14. The number of pyridine rings is 1. The second kappa shape index (κ2) is 10.1. The van der Waals surface area contributed by atoms with Gasteiger partial charge in [0, 0.05) is 29.2 Å². The number of nitrogens with two attached hydrogens (primary N) is 1. The van der Waals surface area contributed by atoms with E-state index in [9.17, 15) is 14.3 Å². The fourth-order valence-electron chi connectivity index (χ4n) is 4.27. The fraction of sp³-hybridized carbons (Fsp3) is 0.240. The summed E-state index contributed by atoms with van der Waals surface area (Å²) in [6.07, 6.45) is 6.97. The molecule has 0 radical (unpaired) electrons. The zero-order valence-corrected chi connectivity index (χ0v) is 19.3. The van der Waals surface area contributed by atoms with Gasteiger partial charge in [0.15, 0.2) is 17.4 Å². The van der Waals surface area contributed by atoms with Crippen LogP contribution in [0.15, 0.2) is 48.9 Å². The minimum Gasteiger partial charge on any atom is -0.486 e. The van der Waals surface area contributed by atoms with E-state index >= 15 is 0 Å². The molecule has 3 heterocycles. The highest BCUT2D eigenvalue weighted by Crippen LogP contribution is 2.34. The summed E-state index contributed by atoms with van der Waals surface area (Å²) in [6, 6.07) is 8.24. The number of benzene rings is 1. The van der Waals surface area contributed by atoms with Crippen molar-refractivity contribution < 1.29 is 19.0 Å². The van der Waals surface area contributed by atoms with Crippen molar-refractivity contribution in [2.75, 3.05) is 18.5 Å². The van der Waals surface area contributed by atoms with Crippen molar-refractivity contribution >= 4 is 17.4 Å². The molecule has 3 aromatic heterocycles. The lowest BCUT2D eigenvalue weighted by atomic mass is 10.2. The van der Waals surface area contributed by atoms with Gasteiger partial charge in [0.2, 0.25) is 0 Å². The predicted octanol–water partition coefficient (Wildman–Crippen LogP) is 2.62. The summed E-state index contributed by atoms with van der Waals surface area (Å²) in [7, 11) is 0. The maximum absolute atomic E-state index is 14.3. The topological polar surface area (TPSA) is 141 Å². The smallest absolute Gasteiger partial charge is 0.252 e. The predicted molar refractivity (Wildman–Crippen MR) is 129 cm³/mol. The van der Waals surface area contributed by atoms with E-state index in [-0.39, 0.29) is 36.2 Å². The molecule has 0 aliphatic heterocycles. The van der Waals surface area contributed by atoms with Crippen molar-refractivity contribution in [3.05, 3.63) is 77.1 Å². The van der Waals surface area contributed by atoms with Crippen LogP contribution in [0, 0.1) is 5.82 Å². The van der Waals surface area contributed by atoms with Gasteiger partial charge in [-0.15, -0.1) is 0 Å². The van der Waals surface area contributed by atoms with Crippen LogP contribution in [0.2, 0.25) is 0 Å². The van der Waals surface area contributed by atoms with Gasteiger partial charge in [0.1, 0.15) is 18.1 Å². The molecule has 1 amide bonds. The maximum atomic E-state index is 14.3. The number of halogens is 1. The van der Waals surface area contributed by atoms with Crippen LogP contribution < -0.4 is 15.8 Å². The third-order valence-corrected chi connectivity index (χ3v) is 5.94. The summed E-state index contributed by atoms with van der Waals surface area (Å²) in [5, 5.41) is 17.0. The molecule has 4 aromatic rings. The quantitative estimate of drug-likeness (QED) is 0.326. The molecule has 1 aromatic carbocycles. The Morgan fingerprint density at radius 1 is 1.22 bits per heavy atom. The first-order valence-electron chi connectivity index (χ1n) is 11.5. The number of fused-ring (bicyclic) bond motifs is 1. The largest absolute Gasteiger partial charge is 0.486 e. The molecule has 0 fully saturated rings. The second-order valence-electron chi connectivity index (χ2n) is 8.27. The molecule has 0 unspecified atom stereocenters. The van der Waals surface area contributed by atoms with Gasteiger partial charge in [-0.1, -0.05) is 18.2 Å². The van der Waals surface area contributed by atoms with Crippen LogP contribution in [0.4, 0.5) is 15.9 Å². The minimum absolute atomic E-state index is 0.0308. The molecule has 0 spiro atoms. The highest BCUT2D eigenvalue weighted by molar-refractivity contribution is 5.98. The second-order valence-corrected chi connectivity index (χ2v) is 8.27. The van der Waals surface area contributed by atoms with Crippen molar-refractivity contribution in [3.8, 4) is 17.3 Å². The molecular formula is C25H24FN7O3. The van der Waals surface area contributed by atoms with Crippen molar-refractivity contribution in [2.24, 2.45) is 5.73 Å². The van der Waals surface area contributed by atoms with Gasteiger partial charge in [-0.3, -0.25) is 14.5 Å². The zero-order chi connectivity index (χ0) is 25.1. The Bertz CT molecular complexity index is 1420. The minimum atomic E-state index is -0.651. The number of amides is 1. The van der Waals surface area contributed by atoms with E-state index in [1.54, 1.807) is 24.3 Å². The first-order chi connectivity index (χ1) is 17.5. The van der Waals surface area contributed by atoms with Crippen LogP contribution in [0.5, 0.6) is 5.75 Å². The van der Waals surface area contributed by atoms with Crippen LogP contribution in [-0.2, 0) is 19.4 Å². The Hall–Kier alpha value is -4.38. The summed E-state index contributed by atoms with van der Waals surface area (Å²) < 4.78 is 21.7. The van der Waals surface area contributed by atoms with Crippen molar-refractivity contribution in [3.63, 3.8) is 0 Å². The molecule has 36 heavy (non-hydrogen) atoms. The van der Waals surface area contributed by atoms with Gasteiger partial charge >= 0.3 is 0 Å². The number of nitrogens with zero attached hydrogens (tertiary/aromatic N) is 5. The number of nitrogens with one attached hydrogen (secondary N) is 1. The summed E-state index contributed by atoms with van der Waals surface area (Å²) in [6.45, 7) is 0.136. The molecule has 184 valence electrons. The van der Waals surface area contributed by atoms with E-state index in [0.29, 0.717) is 29.3 Å². The first-order valence-corrected chi connectivity index (χ1v) is 11.5. The average molecular weight is 490 g/mol. The van der Waals surface area contributed by atoms with Crippen LogP contribution in [0.25, 0.3) is 11.5 Å². The molecule has 5 rings (SSSR count). The molecule has 11 heteroatoms. The number of carbonyl (C=O) groups is 1. The summed E-state index contributed by atoms with van der Waals surface area (Å²) >= 11 is 0. The Morgan fingerprint density at radius 2 is 2.08 bits per heavy atom. The fourth-order valence-corrected chi connectivity index (χ4v) is 4.27. The summed E-state index contributed by atoms with van der Waals surface area (Å²) in [5.74, 6) is -0.0200. The van der Waals surface area contributed by atoms with Crippen LogP contribution in [0.1, 0.15) is 33.6 Å². The molecule has 0 bridgehead atoms. The van der Waals surface area contributed by atoms with E-state index in [0.717, 1.165) is 30.5 Å². The maximum Gasteiger partial charge on any atom is 0.252 e. The molecule has 1 aliphatic rings. The number of hydrogen-bond donors (Lipinski definition) is 3. The van der Waals surface area contributed by atoms with E-state index in [1.807, 2.05) is 4.68 Å². The number of aromatic nitrogens is 5. The first kappa shape index (κ1) is 23.4. The third kappa shape index (κ3) is 4.60. The van der Waals surface area contributed by atoms with Gasteiger partial charge < -0.3 is 20.9 Å². The van der Waals surface area contributed by atoms with Crippen molar-refractivity contribution in [2.45, 2.75) is 25.8 Å². The van der Waals surface area contributed by atoms with E-state index in [2.05, 4.69) is 20.3 Å². The van der Waals surface area contributed by atoms with Crippen molar-refractivity contribution in [1.29, 1.82) is 0 Å². The number of carbonyl (C=O) groups excluding carboxylic acids is 1. The Balaban J connectivity index is 1.54. The number of hydrogen-bond acceptors (Lipinski definition) is 8. The summed E-state index contributed by atoms with van der Waals surface area (Å²) in [5.41, 5.74) is 9.30. The summed E-state index contributed by atoms with van der Waals surface area (Å²) in [4.78, 5) is 24.9. The van der Waals surface area contributed by atoms with E-state index < -0.39 is 5.91 Å². The van der Waals surface area contributed by atoms with Crippen LogP contribution in [-0.4, -0.2) is 49.0 Å². The van der Waals surface area contributed by atoms with E-state index in [4.69, 9.17) is 15.6 Å². The van der Waals surface area contributed by atoms with Crippen LogP contribution >= 0.6 is 0 Å². The third-order valence-electron chi connectivity index (χ3n) is 5.94.